The Bertz CT molecular complexity index is 387. The molecule has 0 spiro atoms. The fraction of sp³-hybridized carbons (Fsp3) is 0.455. The first-order chi connectivity index (χ1) is 8.06. The van der Waals surface area contributed by atoms with Crippen molar-refractivity contribution in [3.8, 4) is 0 Å². The Balaban J connectivity index is 2.67. The number of methoxy groups -OCH3 is 1. The number of aromatic nitrogens is 1. The largest absolute Gasteiger partial charge is 0.389 e. The summed E-state index contributed by atoms with van der Waals surface area (Å²) < 4.78 is 5.44. The Morgan fingerprint density at radius 3 is 3.00 bits per heavy atom. The van der Waals surface area contributed by atoms with Gasteiger partial charge in [0.15, 0.2) is 0 Å². The number of hydrogen-bond acceptors (Lipinski definition) is 4. The number of carbonyl (C=O) groups is 1. The third-order valence-corrected chi connectivity index (χ3v) is 2.79. The Morgan fingerprint density at radius 1 is 1.71 bits per heavy atom. The van der Waals surface area contributed by atoms with Crippen LogP contribution in [0.25, 0.3) is 0 Å². The van der Waals surface area contributed by atoms with Gasteiger partial charge in [-0.2, -0.15) is 0 Å². The minimum atomic E-state index is -0.698. The second kappa shape index (κ2) is 6.68. The van der Waals surface area contributed by atoms with E-state index < -0.39 is 6.10 Å². The van der Waals surface area contributed by atoms with Crippen LogP contribution in [0.4, 0.5) is 0 Å². The minimum Gasteiger partial charge on any atom is -0.389 e. The number of pyridine rings is 1. The number of hydrogen-bond donors (Lipinski definition) is 1. The normalized spacial score (nSPS) is 12.2. The summed E-state index contributed by atoms with van der Waals surface area (Å²) in [6.07, 6.45) is 0.855. The first kappa shape index (κ1) is 14.1. The molecule has 1 amide bonds. The van der Waals surface area contributed by atoms with Gasteiger partial charge < -0.3 is 14.7 Å². The average Bonchev–Trinajstić information content (AvgIpc) is 2.29. The van der Waals surface area contributed by atoms with Crippen LogP contribution in [0, 0.1) is 0 Å². The van der Waals surface area contributed by atoms with Crippen molar-refractivity contribution in [2.24, 2.45) is 0 Å². The summed E-state index contributed by atoms with van der Waals surface area (Å²) in [7, 11) is 3.11. The maximum atomic E-state index is 12.0. The van der Waals surface area contributed by atoms with E-state index in [1.807, 2.05) is 0 Å². The molecule has 1 N–H and O–H groups in total. The molecule has 0 aliphatic carbocycles. The predicted molar refractivity (Wildman–Crippen MR) is 66.8 cm³/mol. The summed E-state index contributed by atoms with van der Waals surface area (Å²) in [6, 6.07) is 3.49. The fourth-order valence-electron chi connectivity index (χ4n) is 1.37. The van der Waals surface area contributed by atoms with E-state index in [0.29, 0.717) is 10.2 Å². The number of nitrogens with zero attached hydrogens (tertiary/aromatic N) is 2. The van der Waals surface area contributed by atoms with Gasteiger partial charge in [0.05, 0.1) is 12.7 Å². The van der Waals surface area contributed by atoms with Gasteiger partial charge in [-0.1, -0.05) is 0 Å². The molecule has 1 heterocycles. The maximum absolute atomic E-state index is 12.0. The SMILES string of the molecule is COCC(O)CN(C)C(=O)c1ncccc1Br. The topological polar surface area (TPSA) is 62.7 Å². The van der Waals surface area contributed by atoms with Gasteiger partial charge in [0, 0.05) is 31.4 Å². The predicted octanol–water partition coefficient (Wildman–Crippen LogP) is 0.923. The molecule has 0 saturated carbocycles. The molecule has 0 aliphatic heterocycles. The van der Waals surface area contributed by atoms with Crippen LogP contribution in [0.15, 0.2) is 22.8 Å². The van der Waals surface area contributed by atoms with Crippen LogP contribution >= 0.6 is 15.9 Å². The molecule has 5 nitrogen and oxygen atoms in total. The zero-order valence-corrected chi connectivity index (χ0v) is 11.3. The second-order valence-corrected chi connectivity index (χ2v) is 4.48. The van der Waals surface area contributed by atoms with Crippen molar-refractivity contribution >= 4 is 21.8 Å². The number of ether oxygens (including phenoxy) is 1. The Labute approximate surface area is 109 Å². The highest BCUT2D eigenvalue weighted by atomic mass is 79.9. The number of aliphatic hydroxyl groups excluding tert-OH is 1. The molecule has 1 aromatic heterocycles. The van der Waals surface area contributed by atoms with Crippen molar-refractivity contribution in [3.05, 3.63) is 28.5 Å². The van der Waals surface area contributed by atoms with Crippen LogP contribution in [0.3, 0.4) is 0 Å². The van der Waals surface area contributed by atoms with E-state index >= 15 is 0 Å². The van der Waals surface area contributed by atoms with Crippen LogP contribution in [-0.2, 0) is 4.74 Å². The number of rotatable bonds is 5. The van der Waals surface area contributed by atoms with Gasteiger partial charge in [-0.25, -0.2) is 4.98 Å². The molecule has 1 aromatic rings. The zero-order chi connectivity index (χ0) is 12.8. The van der Waals surface area contributed by atoms with E-state index in [2.05, 4.69) is 20.9 Å². The van der Waals surface area contributed by atoms with E-state index in [1.165, 1.54) is 12.0 Å². The van der Waals surface area contributed by atoms with E-state index in [4.69, 9.17) is 4.74 Å². The lowest BCUT2D eigenvalue weighted by molar-refractivity contribution is 0.0377. The van der Waals surface area contributed by atoms with E-state index in [-0.39, 0.29) is 19.1 Å². The van der Waals surface area contributed by atoms with Gasteiger partial charge in [0.1, 0.15) is 5.69 Å². The van der Waals surface area contributed by atoms with Crippen molar-refractivity contribution in [3.63, 3.8) is 0 Å². The zero-order valence-electron chi connectivity index (χ0n) is 9.76. The number of halogens is 1. The van der Waals surface area contributed by atoms with Gasteiger partial charge in [0.25, 0.3) is 5.91 Å². The van der Waals surface area contributed by atoms with Crippen LogP contribution < -0.4 is 0 Å². The molecule has 0 saturated heterocycles. The summed E-state index contributed by atoms with van der Waals surface area (Å²) >= 11 is 3.26. The summed E-state index contributed by atoms with van der Waals surface area (Å²) in [5, 5.41) is 9.53. The first-order valence-electron chi connectivity index (χ1n) is 5.09. The van der Waals surface area contributed by atoms with Crippen molar-refractivity contribution < 1.29 is 14.6 Å². The van der Waals surface area contributed by atoms with Crippen LogP contribution in [0.1, 0.15) is 10.5 Å². The van der Waals surface area contributed by atoms with Crippen molar-refractivity contribution in [1.29, 1.82) is 0 Å². The number of likely N-dealkylation sites (N-methyl/N-ethyl adjacent to an activating group) is 1. The minimum absolute atomic E-state index is 0.195. The molecule has 0 aliphatic rings. The first-order valence-corrected chi connectivity index (χ1v) is 5.88. The third kappa shape index (κ3) is 4.07. The Hall–Kier alpha value is -0.980. The van der Waals surface area contributed by atoms with Gasteiger partial charge in [-0.05, 0) is 28.1 Å². The van der Waals surface area contributed by atoms with Gasteiger partial charge in [-0.15, -0.1) is 0 Å². The van der Waals surface area contributed by atoms with Crippen molar-refractivity contribution in [2.45, 2.75) is 6.10 Å². The van der Waals surface area contributed by atoms with E-state index in [1.54, 1.807) is 25.4 Å². The molecule has 1 rings (SSSR count). The summed E-state index contributed by atoms with van der Waals surface area (Å²) in [5.74, 6) is -0.243. The van der Waals surface area contributed by atoms with E-state index in [9.17, 15) is 9.90 Å². The van der Waals surface area contributed by atoms with Crippen molar-refractivity contribution in [1.82, 2.24) is 9.88 Å². The van der Waals surface area contributed by atoms with Crippen LogP contribution in [-0.4, -0.2) is 54.3 Å². The van der Waals surface area contributed by atoms with E-state index in [0.717, 1.165) is 0 Å². The average molecular weight is 303 g/mol. The standard InChI is InChI=1S/C11H15BrN2O3/c1-14(6-8(15)7-17-2)11(16)10-9(12)4-3-5-13-10/h3-5,8,15H,6-7H2,1-2H3. The molecule has 0 bridgehead atoms. The molecule has 6 heteroatoms. The lowest BCUT2D eigenvalue weighted by Crippen LogP contribution is -2.36. The quantitative estimate of drug-likeness (QED) is 0.879. The van der Waals surface area contributed by atoms with Gasteiger partial charge in [0.2, 0.25) is 0 Å². The Kier molecular flexibility index (Phi) is 5.54. The molecular weight excluding hydrogens is 288 g/mol. The van der Waals surface area contributed by atoms with Gasteiger partial charge in [-0.3, -0.25) is 4.79 Å². The lowest BCUT2D eigenvalue weighted by Gasteiger charge is -2.20. The number of aliphatic hydroxyl groups is 1. The molecule has 1 unspecified atom stereocenters. The van der Waals surface area contributed by atoms with Crippen LogP contribution in [0.5, 0.6) is 0 Å². The Morgan fingerprint density at radius 2 is 2.41 bits per heavy atom. The summed E-state index contributed by atoms with van der Waals surface area (Å²) in [6.45, 7) is 0.399. The molecular formula is C11H15BrN2O3. The third-order valence-electron chi connectivity index (χ3n) is 2.15. The van der Waals surface area contributed by atoms with Crippen LogP contribution in [0.2, 0.25) is 0 Å². The molecule has 17 heavy (non-hydrogen) atoms. The lowest BCUT2D eigenvalue weighted by atomic mass is 10.3. The molecule has 1 atom stereocenters. The number of carbonyl (C=O) groups excluding carboxylic acids is 1. The summed E-state index contributed by atoms with van der Waals surface area (Å²) in [4.78, 5) is 17.4. The van der Waals surface area contributed by atoms with Crippen molar-refractivity contribution in [2.75, 3.05) is 27.3 Å². The monoisotopic (exact) mass is 302 g/mol. The maximum Gasteiger partial charge on any atom is 0.273 e. The second-order valence-electron chi connectivity index (χ2n) is 3.63. The molecule has 0 fully saturated rings. The fourth-order valence-corrected chi connectivity index (χ4v) is 1.79. The number of amides is 1. The highest BCUT2D eigenvalue weighted by Gasteiger charge is 2.18. The highest BCUT2D eigenvalue weighted by Crippen LogP contribution is 2.14. The smallest absolute Gasteiger partial charge is 0.273 e. The summed E-state index contributed by atoms with van der Waals surface area (Å²) in [5.41, 5.74) is 0.333. The molecule has 0 radical (unpaired) electrons. The molecule has 0 aromatic carbocycles. The van der Waals surface area contributed by atoms with Gasteiger partial charge >= 0.3 is 0 Å². The highest BCUT2D eigenvalue weighted by molar-refractivity contribution is 9.10. The molecule has 94 valence electrons.